The molecule has 0 aliphatic heterocycles. The van der Waals surface area contributed by atoms with Gasteiger partial charge in [-0.15, -0.1) is 11.3 Å². The van der Waals surface area contributed by atoms with Crippen LogP contribution in [0.3, 0.4) is 0 Å². The fraction of sp³-hybridized carbons (Fsp3) is 0.308. The van der Waals surface area contributed by atoms with Gasteiger partial charge >= 0.3 is 0 Å². The van der Waals surface area contributed by atoms with Crippen LogP contribution in [0.1, 0.15) is 30.8 Å². The first kappa shape index (κ1) is 13.5. The minimum atomic E-state index is -0.418. The van der Waals surface area contributed by atoms with Crippen molar-refractivity contribution in [3.8, 4) is 11.3 Å². The molecule has 0 amide bonds. The molecular formula is C13H14ClFN2S. The summed E-state index contributed by atoms with van der Waals surface area (Å²) in [6.45, 7) is 2.09. The van der Waals surface area contributed by atoms with Crippen LogP contribution in [0.5, 0.6) is 0 Å². The van der Waals surface area contributed by atoms with E-state index in [1.165, 1.54) is 17.4 Å². The van der Waals surface area contributed by atoms with E-state index in [2.05, 4.69) is 11.9 Å². The Kier molecular flexibility index (Phi) is 4.32. The van der Waals surface area contributed by atoms with Gasteiger partial charge in [-0.05, 0) is 24.6 Å². The van der Waals surface area contributed by atoms with Crippen LogP contribution in [0.2, 0.25) is 5.02 Å². The van der Waals surface area contributed by atoms with Crippen LogP contribution in [0, 0.1) is 5.82 Å². The number of aromatic nitrogens is 1. The number of halogens is 2. The molecule has 0 aliphatic rings. The Labute approximate surface area is 115 Å². The number of nitrogens with two attached hydrogens (primary N) is 1. The van der Waals surface area contributed by atoms with E-state index >= 15 is 0 Å². The van der Waals surface area contributed by atoms with E-state index in [0.717, 1.165) is 29.1 Å². The Morgan fingerprint density at radius 2 is 2.28 bits per heavy atom. The summed E-state index contributed by atoms with van der Waals surface area (Å²) in [6.07, 6.45) is 1.94. The lowest BCUT2D eigenvalue weighted by Gasteiger charge is -2.05. The molecule has 1 atom stereocenters. The third-order valence-electron chi connectivity index (χ3n) is 2.65. The molecule has 1 unspecified atom stereocenters. The molecule has 18 heavy (non-hydrogen) atoms. The van der Waals surface area contributed by atoms with E-state index < -0.39 is 5.82 Å². The second kappa shape index (κ2) is 5.78. The second-order valence-corrected chi connectivity index (χ2v) is 5.39. The van der Waals surface area contributed by atoms with Gasteiger partial charge in [0.25, 0.3) is 0 Å². The Morgan fingerprint density at radius 1 is 1.50 bits per heavy atom. The lowest BCUT2D eigenvalue weighted by atomic mass is 10.1. The van der Waals surface area contributed by atoms with Gasteiger partial charge in [-0.3, -0.25) is 0 Å². The fourth-order valence-corrected chi connectivity index (χ4v) is 2.73. The van der Waals surface area contributed by atoms with Gasteiger partial charge in [-0.2, -0.15) is 0 Å². The second-order valence-electron chi connectivity index (χ2n) is 4.10. The van der Waals surface area contributed by atoms with E-state index in [-0.39, 0.29) is 11.1 Å². The maximum atomic E-state index is 13.1. The molecule has 96 valence electrons. The zero-order chi connectivity index (χ0) is 13.1. The highest BCUT2D eigenvalue weighted by Crippen LogP contribution is 2.28. The summed E-state index contributed by atoms with van der Waals surface area (Å²) in [4.78, 5) is 4.48. The minimum absolute atomic E-state index is 0.0235. The van der Waals surface area contributed by atoms with E-state index in [1.54, 1.807) is 12.1 Å². The normalized spacial score (nSPS) is 12.7. The minimum Gasteiger partial charge on any atom is -0.322 e. The molecule has 0 saturated carbocycles. The van der Waals surface area contributed by atoms with Crippen molar-refractivity contribution in [2.24, 2.45) is 5.73 Å². The number of hydrogen-bond donors (Lipinski definition) is 1. The third kappa shape index (κ3) is 2.88. The maximum absolute atomic E-state index is 13.1. The topological polar surface area (TPSA) is 38.9 Å². The number of hydrogen-bond acceptors (Lipinski definition) is 3. The van der Waals surface area contributed by atoms with Crippen molar-refractivity contribution in [3.05, 3.63) is 39.4 Å². The molecule has 0 saturated heterocycles. The van der Waals surface area contributed by atoms with Crippen LogP contribution < -0.4 is 5.73 Å². The Morgan fingerprint density at radius 3 is 2.94 bits per heavy atom. The summed E-state index contributed by atoms with van der Waals surface area (Å²) in [5.41, 5.74) is 7.62. The molecule has 1 aromatic heterocycles. The molecule has 1 heterocycles. The van der Waals surface area contributed by atoms with Crippen LogP contribution in [-0.2, 0) is 0 Å². The van der Waals surface area contributed by atoms with Gasteiger partial charge < -0.3 is 5.73 Å². The highest BCUT2D eigenvalue weighted by molar-refractivity contribution is 7.10. The number of thiazole rings is 1. The lowest BCUT2D eigenvalue weighted by molar-refractivity contribution is 0.628. The van der Waals surface area contributed by atoms with Crippen LogP contribution in [0.25, 0.3) is 11.3 Å². The highest BCUT2D eigenvalue weighted by Gasteiger charge is 2.12. The molecule has 0 spiro atoms. The quantitative estimate of drug-likeness (QED) is 0.903. The van der Waals surface area contributed by atoms with Gasteiger partial charge in [0.2, 0.25) is 0 Å². The molecular weight excluding hydrogens is 271 g/mol. The average molecular weight is 285 g/mol. The summed E-state index contributed by atoms with van der Waals surface area (Å²) >= 11 is 7.29. The summed E-state index contributed by atoms with van der Waals surface area (Å²) in [5, 5.41) is 2.95. The first-order chi connectivity index (χ1) is 8.61. The van der Waals surface area contributed by atoms with E-state index in [0.29, 0.717) is 0 Å². The van der Waals surface area contributed by atoms with Gasteiger partial charge in [-0.25, -0.2) is 9.37 Å². The molecule has 2 aromatic rings. The third-order valence-corrected chi connectivity index (χ3v) is 3.92. The van der Waals surface area contributed by atoms with Crippen molar-refractivity contribution in [1.29, 1.82) is 0 Å². The fourth-order valence-electron chi connectivity index (χ4n) is 1.68. The number of rotatable bonds is 4. The first-order valence-electron chi connectivity index (χ1n) is 5.78. The predicted octanol–water partition coefficient (Wildman–Crippen LogP) is 4.40. The highest BCUT2D eigenvalue weighted by atomic mass is 35.5. The zero-order valence-electron chi connectivity index (χ0n) is 9.99. The van der Waals surface area contributed by atoms with E-state index in [4.69, 9.17) is 17.3 Å². The van der Waals surface area contributed by atoms with E-state index in [1.807, 2.05) is 5.38 Å². The van der Waals surface area contributed by atoms with Gasteiger partial charge in [0, 0.05) is 10.9 Å². The smallest absolute Gasteiger partial charge is 0.141 e. The Hall–Kier alpha value is -0.970. The molecule has 0 bridgehead atoms. The largest absolute Gasteiger partial charge is 0.322 e. The van der Waals surface area contributed by atoms with Crippen LogP contribution >= 0.6 is 22.9 Å². The summed E-state index contributed by atoms with van der Waals surface area (Å²) in [7, 11) is 0. The standard InChI is InChI=1S/C13H14ClFN2S/c1-2-3-11(16)13-17-12(7-18-13)8-4-5-10(15)9(14)6-8/h4-7,11H,2-3,16H2,1H3. The van der Waals surface area contributed by atoms with Gasteiger partial charge in [-0.1, -0.05) is 24.9 Å². The summed E-state index contributed by atoms with van der Waals surface area (Å²) < 4.78 is 13.1. The van der Waals surface area contributed by atoms with E-state index in [9.17, 15) is 4.39 Å². The SMILES string of the molecule is CCCC(N)c1nc(-c2ccc(F)c(Cl)c2)cs1. The molecule has 2 rings (SSSR count). The molecule has 0 radical (unpaired) electrons. The van der Waals surface area contributed by atoms with Crippen LogP contribution in [0.4, 0.5) is 4.39 Å². The lowest BCUT2D eigenvalue weighted by Crippen LogP contribution is -2.09. The molecule has 5 heteroatoms. The number of nitrogens with zero attached hydrogens (tertiary/aromatic N) is 1. The zero-order valence-corrected chi connectivity index (χ0v) is 11.6. The van der Waals surface area contributed by atoms with Crippen molar-refractivity contribution < 1.29 is 4.39 Å². The molecule has 0 fully saturated rings. The summed E-state index contributed by atoms with van der Waals surface area (Å²) in [6, 6.07) is 4.58. The number of benzene rings is 1. The van der Waals surface area contributed by atoms with Crippen molar-refractivity contribution in [2.75, 3.05) is 0 Å². The Bertz CT molecular complexity index is 542. The first-order valence-corrected chi connectivity index (χ1v) is 7.04. The maximum Gasteiger partial charge on any atom is 0.141 e. The van der Waals surface area contributed by atoms with Crippen molar-refractivity contribution in [3.63, 3.8) is 0 Å². The van der Waals surface area contributed by atoms with Crippen molar-refractivity contribution in [1.82, 2.24) is 4.98 Å². The monoisotopic (exact) mass is 284 g/mol. The van der Waals surface area contributed by atoms with Gasteiger partial charge in [0.05, 0.1) is 16.8 Å². The molecule has 2 nitrogen and oxygen atoms in total. The van der Waals surface area contributed by atoms with Gasteiger partial charge in [0.1, 0.15) is 10.8 Å². The van der Waals surface area contributed by atoms with Gasteiger partial charge in [0.15, 0.2) is 0 Å². The molecule has 1 aromatic carbocycles. The average Bonchev–Trinajstić information content (AvgIpc) is 2.82. The molecule has 0 aliphatic carbocycles. The predicted molar refractivity (Wildman–Crippen MR) is 74.4 cm³/mol. The van der Waals surface area contributed by atoms with Crippen molar-refractivity contribution >= 4 is 22.9 Å². The van der Waals surface area contributed by atoms with Crippen molar-refractivity contribution in [2.45, 2.75) is 25.8 Å². The summed E-state index contributed by atoms with van der Waals surface area (Å²) in [5.74, 6) is -0.418. The van der Waals surface area contributed by atoms with Crippen LogP contribution in [0.15, 0.2) is 23.6 Å². The van der Waals surface area contributed by atoms with Crippen LogP contribution in [-0.4, -0.2) is 4.98 Å². The Balaban J connectivity index is 2.26. The molecule has 2 N–H and O–H groups in total.